The molecule has 5 heteroatoms. The van der Waals surface area contributed by atoms with Crippen molar-refractivity contribution in [1.82, 2.24) is 0 Å². The van der Waals surface area contributed by atoms with Crippen molar-refractivity contribution in [3.63, 3.8) is 0 Å². The lowest BCUT2D eigenvalue weighted by atomic mass is 9.49. The van der Waals surface area contributed by atoms with E-state index in [-0.39, 0.29) is 6.10 Å². The normalized spacial score (nSPS) is 45.5. The molecule has 1 N–H and O–H groups in total. The molecule has 3 aliphatic rings. The molecule has 0 unspecified atom stereocenters. The highest BCUT2D eigenvalue weighted by Crippen LogP contribution is 2.59. The van der Waals surface area contributed by atoms with Crippen LogP contribution in [0, 0.1) is 23.2 Å². The van der Waals surface area contributed by atoms with Gasteiger partial charge in [0.2, 0.25) is 0 Å². The first-order valence-corrected chi connectivity index (χ1v) is 9.41. The molecule has 0 aromatic heterocycles. The van der Waals surface area contributed by atoms with Gasteiger partial charge in [-0.2, -0.15) is 8.42 Å². The number of hydrogen-bond acceptors (Lipinski definition) is 3. The van der Waals surface area contributed by atoms with Gasteiger partial charge in [0.15, 0.2) is 0 Å². The van der Waals surface area contributed by atoms with Crippen LogP contribution in [0.5, 0.6) is 0 Å². The smallest absolute Gasteiger partial charge is 0.264 e. The van der Waals surface area contributed by atoms with Crippen LogP contribution in [0.15, 0.2) is 0 Å². The first kappa shape index (κ1) is 14.8. The van der Waals surface area contributed by atoms with Crippen LogP contribution in [-0.4, -0.2) is 19.1 Å². The SMILES string of the molecule is C[C@]12CC[C@@H](OS(=O)(=O)O)C[C@H]1CC[C@H]1CCCC[C@@H]12. The van der Waals surface area contributed by atoms with Crippen molar-refractivity contribution in [2.24, 2.45) is 23.2 Å². The van der Waals surface area contributed by atoms with Crippen LogP contribution in [0.25, 0.3) is 0 Å². The zero-order chi connectivity index (χ0) is 14.4. The summed E-state index contributed by atoms with van der Waals surface area (Å²) in [5.41, 5.74) is 0.364. The van der Waals surface area contributed by atoms with E-state index in [1.807, 2.05) is 0 Å². The average molecular weight is 302 g/mol. The van der Waals surface area contributed by atoms with E-state index in [0.29, 0.717) is 11.3 Å². The Morgan fingerprint density at radius 3 is 2.60 bits per heavy atom. The van der Waals surface area contributed by atoms with Gasteiger partial charge >= 0.3 is 10.4 Å². The summed E-state index contributed by atoms with van der Waals surface area (Å²) in [6.07, 6.45) is 10.2. The second-order valence-electron chi connectivity index (χ2n) is 7.35. The lowest BCUT2D eigenvalue weighted by Crippen LogP contribution is -2.49. The molecule has 0 aromatic rings. The van der Waals surface area contributed by atoms with E-state index in [1.165, 1.54) is 38.5 Å². The van der Waals surface area contributed by atoms with Crippen LogP contribution in [-0.2, 0) is 14.6 Å². The van der Waals surface area contributed by atoms with Crippen molar-refractivity contribution < 1.29 is 17.2 Å². The Hall–Kier alpha value is -0.130. The van der Waals surface area contributed by atoms with Gasteiger partial charge in [0.1, 0.15) is 0 Å². The summed E-state index contributed by atoms with van der Waals surface area (Å²) >= 11 is 0. The van der Waals surface area contributed by atoms with Crippen LogP contribution in [0.3, 0.4) is 0 Å². The van der Waals surface area contributed by atoms with Gasteiger partial charge in [0.05, 0.1) is 6.10 Å². The first-order chi connectivity index (χ1) is 9.38. The van der Waals surface area contributed by atoms with E-state index in [4.69, 9.17) is 8.74 Å². The van der Waals surface area contributed by atoms with Crippen molar-refractivity contribution in [1.29, 1.82) is 0 Å². The quantitative estimate of drug-likeness (QED) is 0.792. The van der Waals surface area contributed by atoms with Crippen molar-refractivity contribution in [2.45, 2.75) is 70.8 Å². The standard InChI is InChI=1S/C15H26O4S/c1-15-9-8-13(19-20(16,17)18)10-12(15)7-6-11-4-2-3-5-14(11)15/h11-14H,2-10H2,1H3,(H,16,17,18)/t11-,12-,13-,14+,15+/m1/s1. The molecule has 3 saturated carbocycles. The maximum absolute atomic E-state index is 10.9. The van der Waals surface area contributed by atoms with E-state index in [0.717, 1.165) is 31.1 Å². The van der Waals surface area contributed by atoms with Gasteiger partial charge in [-0.25, -0.2) is 4.18 Å². The maximum atomic E-state index is 10.9. The molecule has 0 spiro atoms. The molecule has 0 aromatic carbocycles. The lowest BCUT2D eigenvalue weighted by molar-refractivity contribution is -0.0793. The zero-order valence-electron chi connectivity index (χ0n) is 12.3. The highest BCUT2D eigenvalue weighted by molar-refractivity contribution is 7.80. The molecular weight excluding hydrogens is 276 g/mol. The first-order valence-electron chi connectivity index (χ1n) is 8.04. The Bertz CT molecular complexity index is 460. The topological polar surface area (TPSA) is 63.6 Å². The Balaban J connectivity index is 1.72. The van der Waals surface area contributed by atoms with E-state index in [1.54, 1.807) is 0 Å². The molecule has 0 heterocycles. The fourth-order valence-electron chi connectivity index (χ4n) is 5.41. The number of fused-ring (bicyclic) bond motifs is 3. The molecule has 0 saturated heterocycles. The summed E-state index contributed by atoms with van der Waals surface area (Å²) in [6.45, 7) is 2.42. The van der Waals surface area contributed by atoms with E-state index >= 15 is 0 Å². The largest absolute Gasteiger partial charge is 0.397 e. The molecule has 3 fully saturated rings. The van der Waals surface area contributed by atoms with Gasteiger partial charge in [-0.05, 0) is 61.7 Å². The third-order valence-corrected chi connectivity index (χ3v) is 6.90. The van der Waals surface area contributed by atoms with Gasteiger partial charge in [0.25, 0.3) is 0 Å². The van der Waals surface area contributed by atoms with Gasteiger partial charge in [-0.15, -0.1) is 0 Å². The van der Waals surface area contributed by atoms with Crippen LogP contribution in [0.1, 0.15) is 64.7 Å². The molecule has 0 radical (unpaired) electrons. The van der Waals surface area contributed by atoms with E-state index in [9.17, 15) is 8.42 Å². The molecule has 0 amide bonds. The summed E-state index contributed by atoms with van der Waals surface area (Å²) in [6, 6.07) is 0. The zero-order valence-corrected chi connectivity index (χ0v) is 13.1. The minimum atomic E-state index is -4.30. The Labute approximate surface area is 122 Å². The highest BCUT2D eigenvalue weighted by atomic mass is 32.3. The van der Waals surface area contributed by atoms with E-state index in [2.05, 4.69) is 6.92 Å². The summed E-state index contributed by atoms with van der Waals surface area (Å²) in [7, 11) is -4.30. The van der Waals surface area contributed by atoms with Crippen molar-refractivity contribution in [3.8, 4) is 0 Å². The van der Waals surface area contributed by atoms with Gasteiger partial charge < -0.3 is 0 Å². The summed E-state index contributed by atoms with van der Waals surface area (Å²) in [4.78, 5) is 0. The second-order valence-corrected chi connectivity index (χ2v) is 8.40. The van der Waals surface area contributed by atoms with Gasteiger partial charge in [0, 0.05) is 0 Å². The predicted octanol–water partition coefficient (Wildman–Crippen LogP) is 3.58. The van der Waals surface area contributed by atoms with Gasteiger partial charge in [-0.1, -0.05) is 26.2 Å². The summed E-state index contributed by atoms with van der Waals surface area (Å²) < 4.78 is 35.5. The summed E-state index contributed by atoms with van der Waals surface area (Å²) in [5.74, 6) is 2.27. The summed E-state index contributed by atoms with van der Waals surface area (Å²) in [5, 5.41) is 0. The molecule has 0 aliphatic heterocycles. The fourth-order valence-corrected chi connectivity index (χ4v) is 5.93. The fraction of sp³-hybridized carbons (Fsp3) is 1.00. The molecule has 116 valence electrons. The average Bonchev–Trinajstić information content (AvgIpc) is 2.38. The third-order valence-electron chi connectivity index (χ3n) is 6.38. The Morgan fingerprint density at radius 1 is 1.10 bits per heavy atom. The Morgan fingerprint density at radius 2 is 1.85 bits per heavy atom. The van der Waals surface area contributed by atoms with Crippen LogP contribution in [0.2, 0.25) is 0 Å². The number of hydrogen-bond donors (Lipinski definition) is 1. The third kappa shape index (κ3) is 2.77. The predicted molar refractivity (Wildman–Crippen MR) is 76.6 cm³/mol. The monoisotopic (exact) mass is 302 g/mol. The van der Waals surface area contributed by atoms with Crippen LogP contribution >= 0.6 is 0 Å². The minimum absolute atomic E-state index is 0.316. The molecule has 20 heavy (non-hydrogen) atoms. The molecular formula is C15H26O4S. The molecule has 3 rings (SSSR count). The molecule has 0 bridgehead atoms. The minimum Gasteiger partial charge on any atom is -0.264 e. The second kappa shape index (κ2) is 5.25. The maximum Gasteiger partial charge on any atom is 0.397 e. The van der Waals surface area contributed by atoms with Crippen LogP contribution < -0.4 is 0 Å². The number of rotatable bonds is 2. The highest BCUT2D eigenvalue weighted by Gasteiger charge is 2.51. The van der Waals surface area contributed by atoms with Crippen molar-refractivity contribution >= 4 is 10.4 Å². The molecule has 3 aliphatic carbocycles. The molecule has 5 atom stereocenters. The van der Waals surface area contributed by atoms with Crippen molar-refractivity contribution in [3.05, 3.63) is 0 Å². The van der Waals surface area contributed by atoms with E-state index < -0.39 is 10.4 Å². The lowest BCUT2D eigenvalue weighted by Gasteiger charge is -2.56. The van der Waals surface area contributed by atoms with Gasteiger partial charge in [-0.3, -0.25) is 4.55 Å². The van der Waals surface area contributed by atoms with Crippen molar-refractivity contribution in [2.75, 3.05) is 0 Å². The Kier molecular flexibility index (Phi) is 3.89. The molecule has 4 nitrogen and oxygen atoms in total. The van der Waals surface area contributed by atoms with Crippen LogP contribution in [0.4, 0.5) is 0 Å².